The number of carbonyl (C=O) groups excluding carboxylic acids is 2. The summed E-state index contributed by atoms with van der Waals surface area (Å²) in [4.78, 5) is 37.1. The summed E-state index contributed by atoms with van der Waals surface area (Å²) in [5.74, 6) is 0.363. The van der Waals surface area contributed by atoms with Gasteiger partial charge in [-0.2, -0.15) is 0 Å². The summed E-state index contributed by atoms with van der Waals surface area (Å²) in [6.07, 6.45) is 3.42. The van der Waals surface area contributed by atoms with Gasteiger partial charge in [0.2, 0.25) is 0 Å². The zero-order chi connectivity index (χ0) is 22.9. The summed E-state index contributed by atoms with van der Waals surface area (Å²) in [5, 5.41) is 0. The van der Waals surface area contributed by atoms with Crippen LogP contribution in [-0.4, -0.2) is 60.0 Å². The Bertz CT molecular complexity index is 1020. The Morgan fingerprint density at radius 1 is 1.12 bits per heavy atom. The van der Waals surface area contributed by atoms with Crippen LogP contribution in [-0.2, 0) is 9.59 Å². The number of unbranched alkanes of at least 4 members (excludes halogenated alkanes) is 1. The van der Waals surface area contributed by atoms with Crippen molar-refractivity contribution in [2.24, 2.45) is 0 Å². The molecule has 0 spiro atoms. The molecule has 0 unspecified atom stereocenters. The summed E-state index contributed by atoms with van der Waals surface area (Å²) in [5.41, 5.74) is 2.15. The fraction of sp³-hybridized carbons (Fsp3) is 0.480. The number of benzene rings is 1. The van der Waals surface area contributed by atoms with Crippen LogP contribution in [0.1, 0.15) is 37.8 Å². The molecule has 1 atom stereocenters. The maximum atomic E-state index is 13.6. The molecule has 4 rings (SSSR count). The number of aryl methyl sites for hydroxylation is 1. The highest BCUT2D eigenvalue weighted by Gasteiger charge is 2.53. The molecule has 2 aliphatic rings. The van der Waals surface area contributed by atoms with Crippen LogP contribution in [0.5, 0.6) is 5.75 Å². The van der Waals surface area contributed by atoms with Crippen molar-refractivity contribution in [3.05, 3.63) is 47.7 Å². The quantitative estimate of drug-likeness (QED) is 0.673. The number of anilines is 2. The predicted octanol–water partition coefficient (Wildman–Crippen LogP) is 3.33. The van der Waals surface area contributed by atoms with Crippen molar-refractivity contribution >= 4 is 23.3 Å². The molecule has 0 bridgehead atoms. The second kappa shape index (κ2) is 8.81. The third-order valence-electron chi connectivity index (χ3n) is 6.60. The van der Waals surface area contributed by atoms with Crippen LogP contribution in [0.2, 0.25) is 0 Å². The summed E-state index contributed by atoms with van der Waals surface area (Å²) in [7, 11) is 0. The number of rotatable bonds is 5. The van der Waals surface area contributed by atoms with E-state index in [2.05, 4.69) is 48.9 Å². The largest absolute Gasteiger partial charge is 0.464 e. The van der Waals surface area contributed by atoms with Gasteiger partial charge in [0.1, 0.15) is 0 Å². The Kier molecular flexibility index (Phi) is 6.09. The molecule has 0 N–H and O–H groups in total. The van der Waals surface area contributed by atoms with Crippen LogP contribution >= 0.6 is 0 Å². The number of nitrogens with zero attached hydrogens (tertiary/aromatic N) is 4. The van der Waals surface area contributed by atoms with Gasteiger partial charge in [0.25, 0.3) is 17.4 Å². The summed E-state index contributed by atoms with van der Waals surface area (Å²) in [6, 6.07) is 9.85. The van der Waals surface area contributed by atoms with E-state index in [-0.39, 0.29) is 11.8 Å². The van der Waals surface area contributed by atoms with Crippen LogP contribution in [0.3, 0.4) is 0 Å². The van der Waals surface area contributed by atoms with Crippen molar-refractivity contribution in [1.29, 1.82) is 0 Å². The van der Waals surface area contributed by atoms with Crippen LogP contribution in [0.25, 0.3) is 0 Å². The van der Waals surface area contributed by atoms with Crippen LogP contribution in [0, 0.1) is 13.8 Å². The molecular formula is C25H32N4O3. The van der Waals surface area contributed by atoms with Gasteiger partial charge in [-0.05, 0) is 56.5 Å². The third kappa shape index (κ3) is 3.80. The number of ether oxygens (including phenoxy) is 1. The summed E-state index contributed by atoms with van der Waals surface area (Å²) in [6.45, 7) is 11.0. The smallest absolute Gasteiger partial charge is 0.282 e. The lowest BCUT2D eigenvalue weighted by atomic mass is 9.99. The first kappa shape index (κ1) is 22.1. The van der Waals surface area contributed by atoms with Crippen LogP contribution in [0.4, 0.5) is 11.5 Å². The average molecular weight is 437 g/mol. The molecule has 2 amide bonds. The van der Waals surface area contributed by atoms with Gasteiger partial charge in [0.05, 0.1) is 0 Å². The molecule has 7 nitrogen and oxygen atoms in total. The Balaban J connectivity index is 1.53. The zero-order valence-electron chi connectivity index (χ0n) is 19.4. The topological polar surface area (TPSA) is 66.0 Å². The second-order valence-electron chi connectivity index (χ2n) is 8.77. The lowest BCUT2D eigenvalue weighted by Crippen LogP contribution is -2.65. The average Bonchev–Trinajstić information content (AvgIpc) is 2.81. The highest BCUT2D eigenvalue weighted by Crippen LogP contribution is 2.37. The van der Waals surface area contributed by atoms with Crippen LogP contribution in [0.15, 0.2) is 36.5 Å². The zero-order valence-corrected chi connectivity index (χ0v) is 19.4. The van der Waals surface area contributed by atoms with Crippen molar-refractivity contribution in [2.45, 2.75) is 46.1 Å². The lowest BCUT2D eigenvalue weighted by Gasteiger charge is -2.43. The second-order valence-corrected chi connectivity index (χ2v) is 8.77. The van der Waals surface area contributed by atoms with Gasteiger partial charge in [-0.3, -0.25) is 14.5 Å². The van der Waals surface area contributed by atoms with Gasteiger partial charge < -0.3 is 14.5 Å². The van der Waals surface area contributed by atoms with Gasteiger partial charge in [-0.25, -0.2) is 4.98 Å². The molecule has 1 aromatic carbocycles. The van der Waals surface area contributed by atoms with E-state index in [4.69, 9.17) is 4.74 Å². The number of fused-ring (bicyclic) bond motifs is 1. The number of aromatic nitrogens is 1. The molecule has 2 aromatic rings. The number of pyridine rings is 1. The predicted molar refractivity (Wildman–Crippen MR) is 125 cm³/mol. The molecule has 170 valence electrons. The number of hydrogen-bond acceptors (Lipinski definition) is 5. The van der Waals surface area contributed by atoms with E-state index in [0.717, 1.165) is 25.9 Å². The molecule has 1 saturated heterocycles. The molecule has 1 aromatic heterocycles. The minimum atomic E-state index is -1.58. The number of carbonyl (C=O) groups is 2. The molecule has 1 fully saturated rings. The van der Waals surface area contributed by atoms with Crippen molar-refractivity contribution in [3.8, 4) is 5.75 Å². The van der Waals surface area contributed by atoms with Gasteiger partial charge in [0, 0.05) is 44.6 Å². The Morgan fingerprint density at radius 2 is 1.88 bits per heavy atom. The fourth-order valence-electron chi connectivity index (χ4n) is 4.47. The molecule has 7 heteroatoms. The van der Waals surface area contributed by atoms with E-state index in [1.54, 1.807) is 35.1 Å². The first-order chi connectivity index (χ1) is 15.4. The van der Waals surface area contributed by atoms with Gasteiger partial charge >= 0.3 is 0 Å². The number of hydrogen-bond donors (Lipinski definition) is 0. The van der Waals surface area contributed by atoms with E-state index < -0.39 is 5.60 Å². The van der Waals surface area contributed by atoms with E-state index in [0.29, 0.717) is 31.2 Å². The van der Waals surface area contributed by atoms with Gasteiger partial charge in [-0.15, -0.1) is 0 Å². The minimum Gasteiger partial charge on any atom is -0.464 e. The maximum Gasteiger partial charge on any atom is 0.282 e. The first-order valence-electron chi connectivity index (χ1n) is 11.4. The first-order valence-corrected chi connectivity index (χ1v) is 11.4. The van der Waals surface area contributed by atoms with Crippen LogP contribution < -0.4 is 14.5 Å². The van der Waals surface area contributed by atoms with E-state index in [9.17, 15) is 9.59 Å². The maximum absolute atomic E-state index is 13.6. The fourth-order valence-corrected chi connectivity index (χ4v) is 4.47. The normalized spacial score (nSPS) is 20.8. The van der Waals surface area contributed by atoms with Crippen molar-refractivity contribution in [2.75, 3.05) is 42.5 Å². The number of amides is 2. The molecule has 0 saturated carbocycles. The standard InChI is InChI=1S/C25H32N4O3/c1-5-6-13-29-22-21(11-8-12-26-22)32-25(4,24(29)31)23(30)28-16-14-27(15-17-28)20-10-7-9-18(2)19(20)3/h7-12H,5-6,13-17H2,1-4H3/t25-/m0/s1. The van der Waals surface area contributed by atoms with E-state index in [1.165, 1.54) is 16.8 Å². The SMILES string of the molecule is CCCCN1C(=O)[C@](C)(C(=O)N2CCN(c3cccc(C)c3C)CC2)Oc2cccnc21. The molecule has 3 heterocycles. The van der Waals surface area contributed by atoms with E-state index >= 15 is 0 Å². The minimum absolute atomic E-state index is 0.279. The molecular weight excluding hydrogens is 404 g/mol. The monoisotopic (exact) mass is 436 g/mol. The van der Waals surface area contributed by atoms with Crippen molar-refractivity contribution < 1.29 is 14.3 Å². The van der Waals surface area contributed by atoms with Crippen molar-refractivity contribution in [3.63, 3.8) is 0 Å². The molecule has 32 heavy (non-hydrogen) atoms. The third-order valence-corrected chi connectivity index (χ3v) is 6.60. The Morgan fingerprint density at radius 3 is 2.59 bits per heavy atom. The summed E-state index contributed by atoms with van der Waals surface area (Å²) >= 11 is 0. The molecule has 0 radical (unpaired) electrons. The highest BCUT2D eigenvalue weighted by molar-refractivity contribution is 6.16. The molecule has 2 aliphatic heterocycles. The number of piperazine rings is 1. The Labute approximate surface area is 190 Å². The molecule has 0 aliphatic carbocycles. The highest BCUT2D eigenvalue weighted by atomic mass is 16.5. The van der Waals surface area contributed by atoms with Crippen molar-refractivity contribution in [1.82, 2.24) is 9.88 Å². The summed E-state index contributed by atoms with van der Waals surface area (Å²) < 4.78 is 6.04. The Hall–Kier alpha value is -3.09. The van der Waals surface area contributed by atoms with E-state index in [1.807, 2.05) is 0 Å². The van der Waals surface area contributed by atoms with Gasteiger partial charge in [-0.1, -0.05) is 25.5 Å². The van der Waals surface area contributed by atoms with Gasteiger partial charge in [0.15, 0.2) is 11.6 Å². The lowest BCUT2D eigenvalue weighted by molar-refractivity contribution is -0.156.